The van der Waals surface area contributed by atoms with Crippen LogP contribution in [0.2, 0.25) is 0 Å². The fourth-order valence-electron chi connectivity index (χ4n) is 6.95. The van der Waals surface area contributed by atoms with Crippen LogP contribution in [0.15, 0.2) is 47.8 Å². The van der Waals surface area contributed by atoms with E-state index in [4.69, 9.17) is 0 Å². The topological polar surface area (TPSA) is 94.6 Å². The van der Waals surface area contributed by atoms with Gasteiger partial charge in [-0.1, -0.05) is 26.3 Å². The Kier molecular flexibility index (Phi) is 8.22. The van der Waals surface area contributed by atoms with Gasteiger partial charge < -0.3 is 15.1 Å². The number of hydrogen-bond donors (Lipinski definition) is 1. The van der Waals surface area contributed by atoms with Crippen molar-refractivity contribution in [1.82, 2.24) is 24.8 Å². The summed E-state index contributed by atoms with van der Waals surface area (Å²) in [6, 6.07) is 10.0. The Balaban J connectivity index is 1.16. The van der Waals surface area contributed by atoms with Crippen molar-refractivity contribution in [2.75, 3.05) is 55.7 Å². The molecule has 1 fully saturated rings. The predicted molar refractivity (Wildman–Crippen MR) is 167 cm³/mol. The maximum atomic E-state index is 12.4. The zero-order chi connectivity index (χ0) is 29.3. The van der Waals surface area contributed by atoms with Crippen LogP contribution in [0.1, 0.15) is 61.9 Å². The number of hydrogen-bond acceptors (Lipinski definition) is 9. The van der Waals surface area contributed by atoms with Crippen LogP contribution in [0.3, 0.4) is 0 Å². The van der Waals surface area contributed by atoms with Crippen LogP contribution in [0, 0.1) is 0 Å². The number of anilines is 3. The smallest absolute Gasteiger partial charge is 0.179 e. The first-order valence-corrected chi connectivity index (χ1v) is 17.1. The normalized spacial score (nSPS) is 19.3. The second-order valence-electron chi connectivity index (χ2n) is 12.8. The third-order valence-corrected chi connectivity index (χ3v) is 10.1. The van der Waals surface area contributed by atoms with Gasteiger partial charge in [-0.15, -0.1) is 0 Å². The molecule has 42 heavy (non-hydrogen) atoms. The zero-order valence-corrected chi connectivity index (χ0v) is 26.0. The number of fused-ring (bicyclic) bond motifs is 2. The van der Waals surface area contributed by atoms with Crippen molar-refractivity contribution in [2.45, 2.75) is 69.4 Å². The molecular formula is C32H43N7O2S. The van der Waals surface area contributed by atoms with Gasteiger partial charge in [0, 0.05) is 48.8 Å². The van der Waals surface area contributed by atoms with Gasteiger partial charge in [0.15, 0.2) is 9.84 Å². The minimum Gasteiger partial charge on any atom is -0.349 e. The number of benzene rings is 1. The van der Waals surface area contributed by atoms with Crippen LogP contribution in [-0.2, 0) is 34.8 Å². The Morgan fingerprint density at radius 3 is 2.57 bits per heavy atom. The molecule has 3 aliphatic heterocycles. The van der Waals surface area contributed by atoms with Crippen molar-refractivity contribution in [3.8, 4) is 0 Å². The molecule has 0 aliphatic carbocycles. The van der Waals surface area contributed by atoms with E-state index < -0.39 is 9.84 Å². The van der Waals surface area contributed by atoms with E-state index in [0.29, 0.717) is 25.3 Å². The van der Waals surface area contributed by atoms with Gasteiger partial charge in [0.25, 0.3) is 0 Å². The number of nitrogens with one attached hydrogen (secondary N) is 1. The Morgan fingerprint density at radius 2 is 1.76 bits per heavy atom. The van der Waals surface area contributed by atoms with Crippen LogP contribution < -0.4 is 10.2 Å². The highest BCUT2D eigenvalue weighted by Crippen LogP contribution is 2.36. The quantitative estimate of drug-likeness (QED) is 0.406. The third-order valence-electron chi connectivity index (χ3n) is 8.96. The van der Waals surface area contributed by atoms with Crippen molar-refractivity contribution in [3.63, 3.8) is 0 Å². The molecule has 0 saturated carbocycles. The van der Waals surface area contributed by atoms with Gasteiger partial charge >= 0.3 is 0 Å². The standard InChI is InChI=1S/C32H43N7O2S/c1-32(2)22-38(17-8-16-37-14-5-4-6-15-37)20-24-19-25(10-11-27(24)32)36-30-26-12-18-39(21-28(26)34-23-35-30)31-29(42(3,40)41)9-7-13-33-31/h7,9-11,13,19,23H,4-6,8,12,14-18,20-22H2,1-3H3,(H,34,35,36). The van der Waals surface area contributed by atoms with Crippen molar-refractivity contribution in [2.24, 2.45) is 0 Å². The van der Waals surface area contributed by atoms with Gasteiger partial charge in [-0.2, -0.15) is 0 Å². The molecule has 0 bridgehead atoms. The minimum absolute atomic E-state index is 0.102. The number of pyridine rings is 1. The first-order valence-electron chi connectivity index (χ1n) is 15.3. The summed E-state index contributed by atoms with van der Waals surface area (Å²) < 4.78 is 24.7. The van der Waals surface area contributed by atoms with E-state index >= 15 is 0 Å². The molecule has 0 amide bonds. The molecule has 5 heterocycles. The molecule has 0 spiro atoms. The monoisotopic (exact) mass is 589 g/mol. The Bertz CT molecular complexity index is 1540. The lowest BCUT2D eigenvalue weighted by atomic mass is 9.78. The average molecular weight is 590 g/mol. The summed E-state index contributed by atoms with van der Waals surface area (Å²) in [7, 11) is -3.39. The maximum absolute atomic E-state index is 12.4. The van der Waals surface area contributed by atoms with Gasteiger partial charge in [0.2, 0.25) is 0 Å². The number of aromatic nitrogens is 3. The predicted octanol–water partition coefficient (Wildman–Crippen LogP) is 4.55. The highest BCUT2D eigenvalue weighted by molar-refractivity contribution is 7.90. The molecule has 0 unspecified atom stereocenters. The third kappa shape index (κ3) is 6.31. The van der Waals surface area contributed by atoms with E-state index in [-0.39, 0.29) is 10.3 Å². The van der Waals surface area contributed by atoms with Gasteiger partial charge in [0.05, 0.1) is 12.2 Å². The van der Waals surface area contributed by atoms with Crippen LogP contribution in [0.5, 0.6) is 0 Å². The zero-order valence-electron chi connectivity index (χ0n) is 25.1. The van der Waals surface area contributed by atoms with Gasteiger partial charge in [-0.3, -0.25) is 4.90 Å². The number of rotatable bonds is 8. The van der Waals surface area contributed by atoms with Gasteiger partial charge in [0.1, 0.15) is 22.9 Å². The van der Waals surface area contributed by atoms with E-state index in [2.05, 4.69) is 62.1 Å². The van der Waals surface area contributed by atoms with Crippen molar-refractivity contribution >= 4 is 27.2 Å². The van der Waals surface area contributed by atoms with Gasteiger partial charge in [-0.05, 0) is 87.3 Å². The summed E-state index contributed by atoms with van der Waals surface area (Å²) in [5.74, 6) is 1.30. The fourth-order valence-corrected chi connectivity index (χ4v) is 7.79. The van der Waals surface area contributed by atoms with Crippen LogP contribution in [0.25, 0.3) is 0 Å². The first-order chi connectivity index (χ1) is 20.2. The lowest BCUT2D eigenvalue weighted by Crippen LogP contribution is -2.43. The Morgan fingerprint density at radius 1 is 0.952 bits per heavy atom. The Labute approximate surface area is 250 Å². The Hall–Kier alpha value is -3.08. The highest BCUT2D eigenvalue weighted by atomic mass is 32.2. The van der Waals surface area contributed by atoms with Crippen molar-refractivity contribution in [3.05, 3.63) is 65.2 Å². The summed E-state index contributed by atoms with van der Waals surface area (Å²) in [6.45, 7) is 12.8. The number of piperidine rings is 1. The first kappa shape index (κ1) is 29.0. The fraction of sp³-hybridized carbons (Fsp3) is 0.531. The molecule has 6 rings (SSSR count). The molecule has 1 saturated heterocycles. The van der Waals surface area contributed by atoms with Crippen molar-refractivity contribution < 1.29 is 8.42 Å². The molecule has 224 valence electrons. The summed E-state index contributed by atoms with van der Waals surface area (Å²) in [4.78, 5) is 21.1. The molecule has 2 aromatic heterocycles. The molecule has 3 aliphatic rings. The summed E-state index contributed by atoms with van der Waals surface area (Å²) in [5, 5.41) is 3.59. The second-order valence-corrected chi connectivity index (χ2v) is 14.7. The van der Waals surface area contributed by atoms with Crippen molar-refractivity contribution in [1.29, 1.82) is 0 Å². The molecule has 0 radical (unpaired) electrons. The number of likely N-dealkylation sites (tertiary alicyclic amines) is 1. The number of nitrogens with zero attached hydrogens (tertiary/aromatic N) is 6. The van der Waals surface area contributed by atoms with Crippen LogP contribution >= 0.6 is 0 Å². The highest BCUT2D eigenvalue weighted by Gasteiger charge is 2.32. The van der Waals surface area contributed by atoms with E-state index in [9.17, 15) is 8.42 Å². The lowest BCUT2D eigenvalue weighted by Gasteiger charge is -2.40. The average Bonchev–Trinajstić information content (AvgIpc) is 2.97. The second kappa shape index (κ2) is 11.9. The molecular weight excluding hydrogens is 546 g/mol. The summed E-state index contributed by atoms with van der Waals surface area (Å²) >= 11 is 0. The lowest BCUT2D eigenvalue weighted by molar-refractivity contribution is 0.169. The molecule has 10 heteroatoms. The number of sulfone groups is 1. The maximum Gasteiger partial charge on any atom is 0.179 e. The van der Waals surface area contributed by atoms with E-state index in [0.717, 1.165) is 42.4 Å². The van der Waals surface area contributed by atoms with Gasteiger partial charge in [-0.25, -0.2) is 23.4 Å². The van der Waals surface area contributed by atoms with E-state index in [1.807, 2.05) is 4.90 Å². The molecule has 0 atom stereocenters. The largest absolute Gasteiger partial charge is 0.349 e. The molecule has 1 aromatic carbocycles. The molecule has 9 nitrogen and oxygen atoms in total. The van der Waals surface area contributed by atoms with E-state index in [1.165, 1.54) is 62.7 Å². The SMILES string of the molecule is CC1(C)CN(CCCN2CCCCC2)Cc2cc(Nc3ncnc4c3CCN(c3ncccc3S(C)(=O)=O)C4)ccc21. The molecule has 1 N–H and O–H groups in total. The minimum atomic E-state index is -3.39. The van der Waals surface area contributed by atoms with Crippen LogP contribution in [0.4, 0.5) is 17.3 Å². The van der Waals surface area contributed by atoms with E-state index in [1.54, 1.807) is 24.7 Å². The van der Waals surface area contributed by atoms with Crippen LogP contribution in [-0.4, -0.2) is 78.7 Å². The summed E-state index contributed by atoms with van der Waals surface area (Å²) in [5.41, 5.74) is 5.91. The molecule has 3 aromatic rings. The summed E-state index contributed by atoms with van der Waals surface area (Å²) in [6.07, 6.45) is 10.5.